The van der Waals surface area contributed by atoms with Crippen molar-refractivity contribution in [3.63, 3.8) is 0 Å². The summed E-state index contributed by atoms with van der Waals surface area (Å²) >= 11 is 0. The Morgan fingerprint density at radius 2 is 1.56 bits per heavy atom. The number of ether oxygens (including phenoxy) is 2. The average molecular weight is 360 g/mol. The Kier molecular flexibility index (Phi) is 4.70. The summed E-state index contributed by atoms with van der Waals surface area (Å²) in [6, 6.07) is 18.5. The second kappa shape index (κ2) is 7.61. The molecule has 0 saturated heterocycles. The van der Waals surface area contributed by atoms with Crippen LogP contribution < -0.4 is 9.47 Å². The molecule has 4 rings (SSSR count). The van der Waals surface area contributed by atoms with Crippen molar-refractivity contribution in [3.05, 3.63) is 78.6 Å². The van der Waals surface area contributed by atoms with Gasteiger partial charge in [0.15, 0.2) is 0 Å². The van der Waals surface area contributed by atoms with Gasteiger partial charge >= 0.3 is 0 Å². The molecule has 27 heavy (non-hydrogen) atoms. The van der Waals surface area contributed by atoms with E-state index in [0.29, 0.717) is 17.5 Å². The predicted molar refractivity (Wildman–Crippen MR) is 100 cm³/mol. The third kappa shape index (κ3) is 4.07. The minimum Gasteiger partial charge on any atom is -0.497 e. The van der Waals surface area contributed by atoms with Crippen LogP contribution in [0.5, 0.6) is 17.2 Å². The second-order valence-electron chi connectivity index (χ2n) is 5.61. The van der Waals surface area contributed by atoms with Gasteiger partial charge in [-0.25, -0.2) is 0 Å². The summed E-state index contributed by atoms with van der Waals surface area (Å²) in [4.78, 5) is 4.35. The van der Waals surface area contributed by atoms with Gasteiger partial charge in [-0.05, 0) is 66.7 Å². The number of methoxy groups -OCH3 is 1. The SMILES string of the molecule is COc1ccc(Oc2ccc(-c3noc(C=Cc4ccco4)n3)cc2)cc1. The van der Waals surface area contributed by atoms with Gasteiger partial charge in [0.1, 0.15) is 23.0 Å². The molecule has 4 aromatic rings. The Morgan fingerprint density at radius 1 is 0.852 bits per heavy atom. The Bertz CT molecular complexity index is 1020. The Balaban J connectivity index is 1.44. The zero-order chi connectivity index (χ0) is 18.5. The summed E-state index contributed by atoms with van der Waals surface area (Å²) in [7, 11) is 1.63. The van der Waals surface area contributed by atoms with E-state index in [4.69, 9.17) is 18.4 Å². The fourth-order valence-electron chi connectivity index (χ4n) is 2.41. The molecule has 134 valence electrons. The van der Waals surface area contributed by atoms with E-state index < -0.39 is 0 Å². The molecule has 6 heteroatoms. The number of aromatic nitrogens is 2. The van der Waals surface area contributed by atoms with Crippen molar-refractivity contribution in [2.75, 3.05) is 7.11 Å². The van der Waals surface area contributed by atoms with Crippen LogP contribution in [0.2, 0.25) is 0 Å². The number of hydrogen-bond donors (Lipinski definition) is 0. The maximum absolute atomic E-state index is 5.81. The molecule has 0 fully saturated rings. The van der Waals surface area contributed by atoms with E-state index in [-0.39, 0.29) is 0 Å². The van der Waals surface area contributed by atoms with Crippen molar-refractivity contribution in [2.24, 2.45) is 0 Å². The van der Waals surface area contributed by atoms with E-state index in [9.17, 15) is 0 Å². The minimum atomic E-state index is 0.403. The first kappa shape index (κ1) is 16.7. The predicted octanol–water partition coefficient (Wildman–Crippen LogP) is 5.30. The summed E-state index contributed by atoms with van der Waals surface area (Å²) in [6.07, 6.45) is 5.08. The highest BCUT2D eigenvalue weighted by molar-refractivity contribution is 5.64. The highest BCUT2D eigenvalue weighted by atomic mass is 16.5. The van der Waals surface area contributed by atoms with Gasteiger partial charge in [-0.1, -0.05) is 5.16 Å². The van der Waals surface area contributed by atoms with Crippen LogP contribution in [-0.2, 0) is 0 Å². The van der Waals surface area contributed by atoms with E-state index in [1.54, 1.807) is 25.5 Å². The van der Waals surface area contributed by atoms with Crippen molar-refractivity contribution in [2.45, 2.75) is 0 Å². The molecule has 6 nitrogen and oxygen atoms in total. The van der Waals surface area contributed by atoms with Gasteiger partial charge in [-0.3, -0.25) is 0 Å². The zero-order valence-corrected chi connectivity index (χ0v) is 14.5. The number of nitrogens with zero attached hydrogens (tertiary/aromatic N) is 2. The fourth-order valence-corrected chi connectivity index (χ4v) is 2.41. The van der Waals surface area contributed by atoms with Gasteiger partial charge < -0.3 is 18.4 Å². The van der Waals surface area contributed by atoms with Gasteiger partial charge in [0.2, 0.25) is 5.82 Å². The normalized spacial score (nSPS) is 11.0. The molecule has 0 saturated carbocycles. The third-order valence-corrected chi connectivity index (χ3v) is 3.78. The molecule has 0 N–H and O–H groups in total. The highest BCUT2D eigenvalue weighted by Crippen LogP contribution is 2.26. The molecule has 2 heterocycles. The average Bonchev–Trinajstić information content (AvgIpc) is 3.40. The third-order valence-electron chi connectivity index (χ3n) is 3.78. The van der Waals surface area contributed by atoms with Crippen LogP contribution in [0.25, 0.3) is 23.5 Å². The maximum Gasteiger partial charge on any atom is 0.251 e. The summed E-state index contributed by atoms with van der Waals surface area (Å²) in [5.74, 6) is 3.85. The Labute approximate surface area is 155 Å². The summed E-state index contributed by atoms with van der Waals surface area (Å²) < 4.78 is 21.4. The van der Waals surface area contributed by atoms with Crippen molar-refractivity contribution in [1.29, 1.82) is 0 Å². The highest BCUT2D eigenvalue weighted by Gasteiger charge is 2.07. The quantitative estimate of drug-likeness (QED) is 0.465. The molecule has 2 aromatic carbocycles. The second-order valence-corrected chi connectivity index (χ2v) is 5.61. The fraction of sp³-hybridized carbons (Fsp3) is 0.0476. The van der Waals surface area contributed by atoms with Crippen molar-refractivity contribution >= 4 is 12.2 Å². The van der Waals surface area contributed by atoms with E-state index in [1.165, 1.54) is 0 Å². The molecule has 0 spiro atoms. The van der Waals surface area contributed by atoms with Crippen LogP contribution in [0.4, 0.5) is 0 Å². The van der Waals surface area contributed by atoms with Crippen LogP contribution in [0.3, 0.4) is 0 Å². The first-order valence-corrected chi connectivity index (χ1v) is 8.28. The molecule has 0 aliphatic heterocycles. The first-order chi connectivity index (χ1) is 13.3. The van der Waals surface area contributed by atoms with E-state index in [2.05, 4.69) is 10.1 Å². The van der Waals surface area contributed by atoms with Crippen molar-refractivity contribution in [3.8, 4) is 28.6 Å². The number of furan rings is 1. The molecular formula is C21H16N2O4. The molecule has 0 aliphatic carbocycles. The molecule has 0 unspecified atom stereocenters. The van der Waals surface area contributed by atoms with Crippen LogP contribution in [0.1, 0.15) is 11.7 Å². The molecular weight excluding hydrogens is 344 g/mol. The monoisotopic (exact) mass is 360 g/mol. The lowest BCUT2D eigenvalue weighted by atomic mass is 10.2. The van der Waals surface area contributed by atoms with Crippen LogP contribution >= 0.6 is 0 Å². The molecule has 0 bridgehead atoms. The lowest BCUT2D eigenvalue weighted by Crippen LogP contribution is -1.86. The van der Waals surface area contributed by atoms with E-state index in [0.717, 1.165) is 22.8 Å². The lowest BCUT2D eigenvalue weighted by Gasteiger charge is -2.06. The summed E-state index contributed by atoms with van der Waals surface area (Å²) in [6.45, 7) is 0. The van der Waals surface area contributed by atoms with Crippen molar-refractivity contribution < 1.29 is 18.4 Å². The van der Waals surface area contributed by atoms with Crippen molar-refractivity contribution in [1.82, 2.24) is 10.1 Å². The number of benzene rings is 2. The maximum atomic E-state index is 5.81. The standard InChI is InChI=1S/C21H16N2O4/c1-24-16-8-10-19(11-9-16)26-18-6-4-15(5-7-18)21-22-20(27-23-21)13-12-17-3-2-14-25-17/h2-14H,1H3. The van der Waals surface area contributed by atoms with Crippen LogP contribution in [0, 0.1) is 0 Å². The molecule has 0 radical (unpaired) electrons. The number of hydrogen-bond acceptors (Lipinski definition) is 6. The molecule has 2 aromatic heterocycles. The largest absolute Gasteiger partial charge is 0.497 e. The van der Waals surface area contributed by atoms with Gasteiger partial charge in [-0.2, -0.15) is 4.98 Å². The molecule has 0 aliphatic rings. The van der Waals surface area contributed by atoms with Crippen LogP contribution in [-0.4, -0.2) is 17.3 Å². The van der Waals surface area contributed by atoms with Gasteiger partial charge in [0, 0.05) is 11.6 Å². The minimum absolute atomic E-state index is 0.403. The topological polar surface area (TPSA) is 70.5 Å². The summed E-state index contributed by atoms with van der Waals surface area (Å²) in [5.41, 5.74) is 0.832. The molecule has 0 atom stereocenters. The Hall–Kier alpha value is -3.80. The van der Waals surface area contributed by atoms with Gasteiger partial charge in [-0.15, -0.1) is 0 Å². The first-order valence-electron chi connectivity index (χ1n) is 8.28. The van der Waals surface area contributed by atoms with Gasteiger partial charge in [0.25, 0.3) is 5.89 Å². The lowest BCUT2D eigenvalue weighted by molar-refractivity contribution is 0.411. The smallest absolute Gasteiger partial charge is 0.251 e. The van der Waals surface area contributed by atoms with E-state index >= 15 is 0 Å². The van der Waals surface area contributed by atoms with Gasteiger partial charge in [0.05, 0.1) is 13.4 Å². The zero-order valence-electron chi connectivity index (χ0n) is 14.5. The number of rotatable bonds is 6. The van der Waals surface area contributed by atoms with Crippen LogP contribution in [0.15, 0.2) is 75.9 Å². The molecule has 0 amide bonds. The Morgan fingerprint density at radius 3 is 2.22 bits per heavy atom. The summed E-state index contributed by atoms with van der Waals surface area (Å²) in [5, 5.41) is 4.00. The van der Waals surface area contributed by atoms with E-state index in [1.807, 2.05) is 60.7 Å².